The summed E-state index contributed by atoms with van der Waals surface area (Å²) < 4.78 is 18.7. The van der Waals surface area contributed by atoms with E-state index in [4.69, 9.17) is 14.2 Å². The SMILES string of the molecule is CCOc1cc(C(NC(=O)C(c2ccccc2OCC)n2nnc3ccccc32)C(=O)NCC2CCCO2)ccc1O. The number of aromatic hydroxyl groups is 1. The second-order valence-electron chi connectivity index (χ2n) is 9.88. The van der Waals surface area contributed by atoms with Crippen LogP contribution in [0.25, 0.3) is 11.0 Å². The number of para-hydroxylation sites is 2. The molecule has 0 radical (unpaired) electrons. The Hall–Kier alpha value is -4.64. The molecule has 42 heavy (non-hydrogen) atoms. The van der Waals surface area contributed by atoms with Crippen LogP contribution >= 0.6 is 0 Å². The van der Waals surface area contributed by atoms with Crippen molar-refractivity contribution in [3.05, 3.63) is 77.9 Å². The number of hydrogen-bond donors (Lipinski definition) is 3. The number of carbonyl (C=O) groups is 2. The quantitative estimate of drug-likeness (QED) is 0.234. The number of carbonyl (C=O) groups excluding carboxylic acids is 2. The summed E-state index contributed by atoms with van der Waals surface area (Å²) in [4.78, 5) is 28.0. The molecule has 4 aromatic rings. The Labute approximate surface area is 243 Å². The minimum Gasteiger partial charge on any atom is -0.504 e. The third-order valence-corrected chi connectivity index (χ3v) is 7.08. The second kappa shape index (κ2) is 13.3. The van der Waals surface area contributed by atoms with Gasteiger partial charge in [-0.3, -0.25) is 9.59 Å². The number of fused-ring (bicyclic) bond motifs is 1. The molecule has 3 atom stereocenters. The number of rotatable bonds is 12. The molecule has 1 aliphatic rings. The van der Waals surface area contributed by atoms with Gasteiger partial charge in [0.05, 0.1) is 24.8 Å². The second-order valence-corrected chi connectivity index (χ2v) is 9.88. The Morgan fingerprint density at radius 3 is 2.57 bits per heavy atom. The normalized spacial score (nSPS) is 16.1. The number of benzene rings is 3. The first-order valence-corrected chi connectivity index (χ1v) is 14.2. The lowest BCUT2D eigenvalue weighted by Crippen LogP contribution is -2.45. The van der Waals surface area contributed by atoms with E-state index in [1.807, 2.05) is 43.3 Å². The van der Waals surface area contributed by atoms with E-state index >= 15 is 0 Å². The zero-order chi connectivity index (χ0) is 29.5. The van der Waals surface area contributed by atoms with Gasteiger partial charge < -0.3 is 30.0 Å². The zero-order valence-electron chi connectivity index (χ0n) is 23.7. The molecule has 1 saturated heterocycles. The van der Waals surface area contributed by atoms with Crippen molar-refractivity contribution in [3.63, 3.8) is 0 Å². The number of phenolic OH excluding ortho intramolecular Hbond substituents is 1. The first-order chi connectivity index (χ1) is 20.5. The monoisotopic (exact) mass is 573 g/mol. The van der Waals surface area contributed by atoms with Crippen LogP contribution < -0.4 is 20.1 Å². The van der Waals surface area contributed by atoms with Gasteiger partial charge in [-0.15, -0.1) is 5.10 Å². The predicted molar refractivity (Wildman–Crippen MR) is 155 cm³/mol. The van der Waals surface area contributed by atoms with E-state index in [0.29, 0.717) is 54.3 Å². The van der Waals surface area contributed by atoms with Crippen LogP contribution in [0.5, 0.6) is 17.2 Å². The van der Waals surface area contributed by atoms with E-state index in [1.54, 1.807) is 31.2 Å². The highest BCUT2D eigenvalue weighted by Gasteiger charge is 2.33. The summed E-state index contributed by atoms with van der Waals surface area (Å²) in [6, 6.07) is 17.0. The van der Waals surface area contributed by atoms with Gasteiger partial charge in [0.25, 0.3) is 5.91 Å². The van der Waals surface area contributed by atoms with Crippen molar-refractivity contribution in [2.75, 3.05) is 26.4 Å². The summed E-state index contributed by atoms with van der Waals surface area (Å²) in [5.41, 5.74) is 2.27. The summed E-state index contributed by atoms with van der Waals surface area (Å²) in [5, 5.41) is 24.8. The maximum atomic E-state index is 14.3. The number of phenols is 1. The Balaban J connectivity index is 1.54. The summed E-state index contributed by atoms with van der Waals surface area (Å²) >= 11 is 0. The Morgan fingerprint density at radius 2 is 1.79 bits per heavy atom. The van der Waals surface area contributed by atoms with E-state index in [0.717, 1.165) is 12.8 Å². The van der Waals surface area contributed by atoms with Crippen LogP contribution in [0.4, 0.5) is 0 Å². The fourth-order valence-electron chi connectivity index (χ4n) is 5.08. The van der Waals surface area contributed by atoms with Crippen molar-refractivity contribution in [1.82, 2.24) is 25.6 Å². The van der Waals surface area contributed by atoms with Gasteiger partial charge in [0, 0.05) is 18.7 Å². The molecule has 3 aromatic carbocycles. The van der Waals surface area contributed by atoms with Crippen LogP contribution in [0, 0.1) is 0 Å². The number of hydrogen-bond acceptors (Lipinski definition) is 8. The first kappa shape index (κ1) is 28.9. The average Bonchev–Trinajstić information content (AvgIpc) is 3.68. The van der Waals surface area contributed by atoms with Gasteiger partial charge in [-0.2, -0.15) is 0 Å². The van der Waals surface area contributed by atoms with Crippen LogP contribution in [0.15, 0.2) is 66.7 Å². The van der Waals surface area contributed by atoms with Crippen LogP contribution in [0.3, 0.4) is 0 Å². The topological polar surface area (TPSA) is 137 Å². The van der Waals surface area contributed by atoms with Gasteiger partial charge in [0.1, 0.15) is 17.3 Å². The van der Waals surface area contributed by atoms with E-state index in [1.165, 1.54) is 10.7 Å². The smallest absolute Gasteiger partial charge is 0.250 e. The van der Waals surface area contributed by atoms with Crippen LogP contribution in [-0.2, 0) is 14.3 Å². The summed E-state index contributed by atoms with van der Waals surface area (Å²) in [6.07, 6.45) is 1.69. The molecular formula is C31H35N5O6. The predicted octanol–water partition coefficient (Wildman–Crippen LogP) is 3.68. The number of aromatic nitrogens is 3. The maximum absolute atomic E-state index is 14.3. The summed E-state index contributed by atoms with van der Waals surface area (Å²) in [7, 11) is 0. The fourth-order valence-corrected chi connectivity index (χ4v) is 5.08. The van der Waals surface area contributed by atoms with Gasteiger partial charge in [0.15, 0.2) is 17.5 Å². The lowest BCUT2D eigenvalue weighted by atomic mass is 10.0. The molecule has 220 valence electrons. The minimum atomic E-state index is -1.12. The molecule has 1 fully saturated rings. The molecule has 0 saturated carbocycles. The minimum absolute atomic E-state index is 0.0666. The summed E-state index contributed by atoms with van der Waals surface area (Å²) in [5.74, 6) is -0.263. The van der Waals surface area contributed by atoms with Crippen molar-refractivity contribution in [2.45, 2.75) is 44.9 Å². The number of ether oxygens (including phenoxy) is 3. The molecule has 2 amide bonds. The van der Waals surface area contributed by atoms with Gasteiger partial charge in [-0.05, 0) is 62.6 Å². The van der Waals surface area contributed by atoms with Crippen molar-refractivity contribution in [1.29, 1.82) is 0 Å². The van der Waals surface area contributed by atoms with Crippen LogP contribution in [0.1, 0.15) is 49.9 Å². The number of nitrogens with one attached hydrogen (secondary N) is 2. The summed E-state index contributed by atoms with van der Waals surface area (Å²) in [6.45, 7) is 5.34. The highest BCUT2D eigenvalue weighted by atomic mass is 16.5. The van der Waals surface area contributed by atoms with Crippen molar-refractivity contribution in [2.24, 2.45) is 0 Å². The third-order valence-electron chi connectivity index (χ3n) is 7.08. The number of nitrogens with zero attached hydrogens (tertiary/aromatic N) is 3. The molecule has 1 aliphatic heterocycles. The fraction of sp³-hybridized carbons (Fsp3) is 0.355. The molecular weight excluding hydrogens is 538 g/mol. The molecule has 5 rings (SSSR count). The molecule has 1 aromatic heterocycles. The largest absolute Gasteiger partial charge is 0.504 e. The lowest BCUT2D eigenvalue weighted by molar-refractivity contribution is -0.130. The molecule has 0 spiro atoms. The number of amides is 2. The highest BCUT2D eigenvalue weighted by molar-refractivity contribution is 5.92. The third kappa shape index (κ3) is 6.31. The van der Waals surface area contributed by atoms with E-state index in [2.05, 4.69) is 20.9 Å². The van der Waals surface area contributed by atoms with Crippen molar-refractivity contribution in [3.8, 4) is 17.2 Å². The maximum Gasteiger partial charge on any atom is 0.250 e. The van der Waals surface area contributed by atoms with E-state index < -0.39 is 23.9 Å². The van der Waals surface area contributed by atoms with Gasteiger partial charge >= 0.3 is 0 Å². The molecule has 11 nitrogen and oxygen atoms in total. The van der Waals surface area contributed by atoms with E-state index in [-0.39, 0.29) is 17.6 Å². The van der Waals surface area contributed by atoms with E-state index in [9.17, 15) is 14.7 Å². The van der Waals surface area contributed by atoms with Crippen LogP contribution in [0.2, 0.25) is 0 Å². The van der Waals surface area contributed by atoms with Crippen LogP contribution in [-0.4, -0.2) is 64.4 Å². The zero-order valence-corrected chi connectivity index (χ0v) is 23.7. The molecule has 0 bridgehead atoms. The first-order valence-electron chi connectivity index (χ1n) is 14.2. The Bertz CT molecular complexity index is 1530. The Kier molecular flexibility index (Phi) is 9.18. The molecule has 2 heterocycles. The molecule has 11 heteroatoms. The van der Waals surface area contributed by atoms with Gasteiger partial charge in [-0.1, -0.05) is 41.6 Å². The molecule has 3 unspecified atom stereocenters. The molecule has 0 aliphatic carbocycles. The highest BCUT2D eigenvalue weighted by Crippen LogP contribution is 2.33. The van der Waals surface area contributed by atoms with Crippen molar-refractivity contribution < 1.29 is 28.9 Å². The Morgan fingerprint density at radius 1 is 1.02 bits per heavy atom. The average molecular weight is 574 g/mol. The van der Waals surface area contributed by atoms with Gasteiger partial charge in [0.2, 0.25) is 5.91 Å². The lowest BCUT2D eigenvalue weighted by Gasteiger charge is -2.25. The van der Waals surface area contributed by atoms with Crippen molar-refractivity contribution >= 4 is 22.8 Å². The molecule has 3 N–H and O–H groups in total. The van der Waals surface area contributed by atoms with Gasteiger partial charge in [-0.25, -0.2) is 4.68 Å². The standard InChI is InChI=1S/C31H35N5O6/c1-3-40-26-14-8-5-11-22(26)29(36-24-13-7-6-12-23(24)34-35-36)31(39)33-28(30(38)32-19-21-10-9-17-42-21)20-15-16-25(37)27(18-20)41-4-2/h5-8,11-16,18,21,28-29,37H,3-4,9-10,17,19H2,1-2H3,(H,32,38)(H,33,39).